The number of hydrogen-bond donors (Lipinski definition) is 2. The maximum absolute atomic E-state index is 11.7. The van der Waals surface area contributed by atoms with E-state index in [1.807, 2.05) is 6.07 Å². The third-order valence-electron chi connectivity index (χ3n) is 2.48. The molecule has 0 saturated heterocycles. The van der Waals surface area contributed by atoms with Crippen molar-refractivity contribution in [3.05, 3.63) is 22.7 Å². The second-order valence-corrected chi connectivity index (χ2v) is 4.70. The van der Waals surface area contributed by atoms with E-state index >= 15 is 0 Å². The monoisotopic (exact) mass is 293 g/mol. The maximum atomic E-state index is 11.7. The van der Waals surface area contributed by atoms with Crippen molar-refractivity contribution in [1.29, 1.82) is 5.26 Å². The molecule has 104 valence electrons. The smallest absolute Gasteiger partial charge is 0.343 e. The fourth-order valence-corrected chi connectivity index (χ4v) is 2.48. The number of hydrogen-bond acceptors (Lipinski definition) is 9. The first kappa shape index (κ1) is 13.8. The quantitative estimate of drug-likeness (QED) is 0.782. The molecule has 2 aromatic heterocycles. The van der Waals surface area contributed by atoms with Gasteiger partial charge in [0.25, 0.3) is 0 Å². The van der Waals surface area contributed by atoms with Crippen LogP contribution in [0.15, 0.2) is 10.9 Å². The molecule has 0 amide bonds. The second-order valence-electron chi connectivity index (χ2n) is 3.68. The van der Waals surface area contributed by atoms with Gasteiger partial charge < -0.3 is 20.3 Å². The standard InChI is InChI=1S/C11H11N5O3S/c1-18-11(17)8-9(13)6(4-12)20-10(8)14-3-2-7-15-5-19-16-7/h5,14H,2-3,13H2,1H3. The van der Waals surface area contributed by atoms with E-state index < -0.39 is 5.97 Å². The average molecular weight is 293 g/mol. The molecule has 0 spiro atoms. The highest BCUT2D eigenvalue weighted by Gasteiger charge is 2.22. The molecule has 2 aromatic rings. The molecular formula is C11H11N5O3S. The lowest BCUT2D eigenvalue weighted by atomic mass is 10.2. The Hall–Kier alpha value is -2.60. The van der Waals surface area contributed by atoms with E-state index in [4.69, 9.17) is 11.0 Å². The van der Waals surface area contributed by atoms with Gasteiger partial charge in [-0.1, -0.05) is 5.16 Å². The van der Waals surface area contributed by atoms with Gasteiger partial charge in [0.05, 0.1) is 12.8 Å². The van der Waals surface area contributed by atoms with Gasteiger partial charge in [0, 0.05) is 13.0 Å². The predicted octanol–water partition coefficient (Wildman–Crippen LogP) is 1.03. The van der Waals surface area contributed by atoms with Crippen molar-refractivity contribution in [2.24, 2.45) is 0 Å². The number of carbonyl (C=O) groups is 1. The van der Waals surface area contributed by atoms with Crippen molar-refractivity contribution in [2.75, 3.05) is 24.7 Å². The molecule has 8 nitrogen and oxygen atoms in total. The zero-order chi connectivity index (χ0) is 14.5. The number of nitrogens with zero attached hydrogens (tertiary/aromatic N) is 3. The Bertz CT molecular complexity index is 644. The molecule has 0 aromatic carbocycles. The number of nitrogens with two attached hydrogens (primary N) is 1. The molecule has 0 unspecified atom stereocenters. The fourth-order valence-electron chi connectivity index (χ4n) is 1.55. The maximum Gasteiger partial charge on any atom is 0.343 e. The molecule has 0 saturated carbocycles. The van der Waals surface area contributed by atoms with Crippen molar-refractivity contribution < 1.29 is 14.1 Å². The molecule has 0 aliphatic heterocycles. The summed E-state index contributed by atoms with van der Waals surface area (Å²) in [4.78, 5) is 15.8. The number of aromatic nitrogens is 2. The van der Waals surface area contributed by atoms with Gasteiger partial charge >= 0.3 is 5.97 Å². The van der Waals surface area contributed by atoms with Gasteiger partial charge in [-0.25, -0.2) is 4.79 Å². The zero-order valence-corrected chi connectivity index (χ0v) is 11.4. The molecular weight excluding hydrogens is 282 g/mol. The van der Waals surface area contributed by atoms with Crippen LogP contribution in [-0.4, -0.2) is 29.8 Å². The number of esters is 1. The van der Waals surface area contributed by atoms with Crippen LogP contribution < -0.4 is 11.1 Å². The van der Waals surface area contributed by atoms with Crippen molar-refractivity contribution in [2.45, 2.75) is 6.42 Å². The lowest BCUT2D eigenvalue weighted by Crippen LogP contribution is -2.10. The van der Waals surface area contributed by atoms with E-state index in [0.717, 1.165) is 11.3 Å². The number of thiophene rings is 1. The van der Waals surface area contributed by atoms with E-state index in [-0.39, 0.29) is 16.1 Å². The van der Waals surface area contributed by atoms with Crippen LogP contribution >= 0.6 is 11.3 Å². The Kier molecular flexibility index (Phi) is 4.17. The number of nitrogens with one attached hydrogen (secondary N) is 1. The number of ether oxygens (including phenoxy) is 1. The van der Waals surface area contributed by atoms with Crippen LogP contribution in [0.4, 0.5) is 10.7 Å². The highest BCUT2D eigenvalue weighted by atomic mass is 32.1. The summed E-state index contributed by atoms with van der Waals surface area (Å²) in [5, 5.41) is 16.1. The minimum absolute atomic E-state index is 0.131. The number of nitriles is 1. The van der Waals surface area contributed by atoms with Gasteiger partial charge in [-0.15, -0.1) is 11.3 Å². The van der Waals surface area contributed by atoms with E-state index in [1.54, 1.807) is 0 Å². The molecule has 0 aliphatic rings. The summed E-state index contributed by atoms with van der Waals surface area (Å²) in [6, 6.07) is 1.95. The summed E-state index contributed by atoms with van der Waals surface area (Å²) < 4.78 is 9.28. The van der Waals surface area contributed by atoms with Crippen LogP contribution in [0.2, 0.25) is 0 Å². The van der Waals surface area contributed by atoms with Gasteiger partial charge in [-0.05, 0) is 0 Å². The lowest BCUT2D eigenvalue weighted by Gasteiger charge is -2.05. The highest BCUT2D eigenvalue weighted by molar-refractivity contribution is 7.17. The summed E-state index contributed by atoms with van der Waals surface area (Å²) in [7, 11) is 1.26. The lowest BCUT2D eigenvalue weighted by molar-refractivity contribution is 0.0603. The summed E-state index contributed by atoms with van der Waals surface area (Å²) in [5.74, 6) is -0.0375. The molecule has 0 radical (unpaired) electrons. The van der Waals surface area contributed by atoms with Gasteiger partial charge in [0.1, 0.15) is 21.5 Å². The average Bonchev–Trinajstić information content (AvgIpc) is 3.06. The summed E-state index contributed by atoms with van der Waals surface area (Å²) >= 11 is 1.10. The number of rotatable bonds is 5. The Balaban J connectivity index is 2.14. The van der Waals surface area contributed by atoms with Crippen molar-refractivity contribution in [3.8, 4) is 6.07 Å². The number of methoxy groups -OCH3 is 1. The van der Waals surface area contributed by atoms with Gasteiger partial charge in [0.2, 0.25) is 6.39 Å². The molecule has 0 bridgehead atoms. The fraction of sp³-hybridized carbons (Fsp3) is 0.273. The Morgan fingerprint density at radius 2 is 2.50 bits per heavy atom. The first-order valence-electron chi connectivity index (χ1n) is 5.57. The van der Waals surface area contributed by atoms with Gasteiger partial charge in [0.15, 0.2) is 5.82 Å². The first-order chi connectivity index (χ1) is 9.67. The minimum Gasteiger partial charge on any atom is -0.465 e. The van der Waals surface area contributed by atoms with Crippen LogP contribution in [0.1, 0.15) is 21.1 Å². The van der Waals surface area contributed by atoms with Gasteiger partial charge in [-0.2, -0.15) is 10.2 Å². The molecule has 0 fully saturated rings. The third kappa shape index (κ3) is 2.70. The van der Waals surface area contributed by atoms with E-state index in [9.17, 15) is 4.79 Å². The third-order valence-corrected chi connectivity index (χ3v) is 3.55. The Labute approximate surface area is 118 Å². The molecule has 2 rings (SSSR count). The molecule has 2 heterocycles. The van der Waals surface area contributed by atoms with E-state index in [1.165, 1.54) is 13.5 Å². The number of anilines is 2. The second kappa shape index (κ2) is 6.03. The SMILES string of the molecule is COC(=O)c1c(NCCc2ncon2)sc(C#N)c1N. The molecule has 0 atom stereocenters. The predicted molar refractivity (Wildman–Crippen MR) is 71.3 cm³/mol. The van der Waals surface area contributed by atoms with Crippen LogP contribution in [0.3, 0.4) is 0 Å². The summed E-state index contributed by atoms with van der Waals surface area (Å²) in [6.45, 7) is 0.467. The van der Waals surface area contributed by atoms with Gasteiger partial charge in [-0.3, -0.25) is 0 Å². The molecule has 0 aliphatic carbocycles. The van der Waals surface area contributed by atoms with Crippen molar-refractivity contribution >= 4 is 28.0 Å². The first-order valence-corrected chi connectivity index (χ1v) is 6.38. The van der Waals surface area contributed by atoms with Crippen LogP contribution in [0.25, 0.3) is 0 Å². The number of carbonyl (C=O) groups excluding carboxylic acids is 1. The summed E-state index contributed by atoms with van der Waals surface area (Å²) in [6.07, 6.45) is 1.75. The number of nitrogen functional groups attached to an aromatic ring is 1. The molecule has 9 heteroatoms. The van der Waals surface area contributed by atoms with Crippen LogP contribution in [0.5, 0.6) is 0 Å². The normalized spacial score (nSPS) is 10.0. The van der Waals surface area contributed by atoms with E-state index in [2.05, 4.69) is 24.7 Å². The van der Waals surface area contributed by atoms with Crippen molar-refractivity contribution in [1.82, 2.24) is 10.1 Å². The topological polar surface area (TPSA) is 127 Å². The molecule has 3 N–H and O–H groups in total. The zero-order valence-electron chi connectivity index (χ0n) is 10.5. The summed E-state index contributed by atoms with van der Waals surface area (Å²) in [5.41, 5.74) is 6.08. The highest BCUT2D eigenvalue weighted by Crippen LogP contribution is 2.35. The minimum atomic E-state index is -0.581. The van der Waals surface area contributed by atoms with Crippen molar-refractivity contribution in [3.63, 3.8) is 0 Å². The largest absolute Gasteiger partial charge is 0.465 e. The van der Waals surface area contributed by atoms with Crippen LogP contribution in [-0.2, 0) is 11.2 Å². The van der Waals surface area contributed by atoms with E-state index in [0.29, 0.717) is 23.8 Å². The Morgan fingerprint density at radius 1 is 1.70 bits per heavy atom. The van der Waals surface area contributed by atoms with Crippen LogP contribution in [0, 0.1) is 11.3 Å². The molecule has 20 heavy (non-hydrogen) atoms. The Morgan fingerprint density at radius 3 is 3.10 bits per heavy atom.